The standard InChI is InChI=1S/C11H12N2O/c1-14-11-5-4-9(7-13-11)10(6-12)8-2-3-8/h4-5,7-8,10H,2-3H2,1H3. The predicted octanol–water partition coefficient (Wildman–Crippen LogP) is 2.11. The zero-order chi connectivity index (χ0) is 9.97. The molecule has 1 fully saturated rings. The normalized spacial score (nSPS) is 17.1. The van der Waals surface area contributed by atoms with Crippen molar-refractivity contribution in [1.82, 2.24) is 4.98 Å². The molecule has 0 amide bonds. The lowest BCUT2D eigenvalue weighted by atomic mass is 9.98. The largest absolute Gasteiger partial charge is 0.481 e. The summed E-state index contributed by atoms with van der Waals surface area (Å²) in [5.74, 6) is 1.17. The van der Waals surface area contributed by atoms with Crippen molar-refractivity contribution in [2.45, 2.75) is 18.8 Å². The van der Waals surface area contributed by atoms with E-state index in [1.165, 1.54) is 12.8 Å². The van der Waals surface area contributed by atoms with E-state index in [1.54, 1.807) is 13.3 Å². The van der Waals surface area contributed by atoms with Crippen LogP contribution < -0.4 is 4.74 Å². The van der Waals surface area contributed by atoms with E-state index < -0.39 is 0 Å². The average Bonchev–Trinajstić information content (AvgIpc) is 3.04. The molecule has 1 aliphatic rings. The van der Waals surface area contributed by atoms with Crippen LogP contribution in [0.15, 0.2) is 18.3 Å². The smallest absolute Gasteiger partial charge is 0.212 e. The minimum Gasteiger partial charge on any atom is -0.481 e. The first-order chi connectivity index (χ1) is 6.85. The van der Waals surface area contributed by atoms with Gasteiger partial charge in [0.2, 0.25) is 5.88 Å². The van der Waals surface area contributed by atoms with Gasteiger partial charge in [-0.15, -0.1) is 0 Å². The number of hydrogen-bond donors (Lipinski definition) is 0. The molecule has 1 unspecified atom stereocenters. The monoisotopic (exact) mass is 188 g/mol. The van der Waals surface area contributed by atoms with Crippen LogP contribution in [0.3, 0.4) is 0 Å². The number of hydrogen-bond acceptors (Lipinski definition) is 3. The molecule has 1 aliphatic carbocycles. The molecule has 0 saturated heterocycles. The molecule has 0 radical (unpaired) electrons. The first-order valence-corrected chi connectivity index (χ1v) is 4.74. The molecule has 1 aromatic rings. The van der Waals surface area contributed by atoms with E-state index >= 15 is 0 Å². The molecular weight excluding hydrogens is 176 g/mol. The molecule has 3 heteroatoms. The maximum absolute atomic E-state index is 9.01. The van der Waals surface area contributed by atoms with E-state index in [4.69, 9.17) is 10.00 Å². The van der Waals surface area contributed by atoms with Gasteiger partial charge in [0.1, 0.15) is 0 Å². The van der Waals surface area contributed by atoms with Gasteiger partial charge in [0.15, 0.2) is 0 Å². The number of nitrogens with zero attached hydrogens (tertiary/aromatic N) is 2. The summed E-state index contributed by atoms with van der Waals surface area (Å²) in [6.07, 6.45) is 4.08. The molecule has 0 aromatic carbocycles. The fourth-order valence-electron chi connectivity index (χ4n) is 1.58. The van der Waals surface area contributed by atoms with Crippen molar-refractivity contribution in [1.29, 1.82) is 5.26 Å². The zero-order valence-corrected chi connectivity index (χ0v) is 8.10. The van der Waals surface area contributed by atoms with Crippen LogP contribution in [0.5, 0.6) is 5.88 Å². The summed E-state index contributed by atoms with van der Waals surface area (Å²) >= 11 is 0. The summed E-state index contributed by atoms with van der Waals surface area (Å²) in [6, 6.07) is 6.07. The third kappa shape index (κ3) is 1.69. The Morgan fingerprint density at radius 2 is 2.36 bits per heavy atom. The van der Waals surface area contributed by atoms with E-state index in [-0.39, 0.29) is 5.92 Å². The van der Waals surface area contributed by atoms with Crippen LogP contribution in [0.4, 0.5) is 0 Å². The van der Waals surface area contributed by atoms with Gasteiger partial charge in [-0.05, 0) is 24.3 Å². The van der Waals surface area contributed by atoms with E-state index in [9.17, 15) is 0 Å². The second kappa shape index (κ2) is 3.67. The first-order valence-electron chi connectivity index (χ1n) is 4.74. The van der Waals surface area contributed by atoms with Crippen molar-refractivity contribution >= 4 is 0 Å². The lowest BCUT2D eigenvalue weighted by Crippen LogP contribution is -1.99. The number of aromatic nitrogens is 1. The molecule has 1 heterocycles. The van der Waals surface area contributed by atoms with Gasteiger partial charge in [-0.2, -0.15) is 5.26 Å². The summed E-state index contributed by atoms with van der Waals surface area (Å²) in [5.41, 5.74) is 1.01. The van der Waals surface area contributed by atoms with Crippen LogP contribution >= 0.6 is 0 Å². The molecule has 0 aliphatic heterocycles. The highest BCUT2D eigenvalue weighted by atomic mass is 16.5. The van der Waals surface area contributed by atoms with Crippen molar-refractivity contribution < 1.29 is 4.74 Å². The second-order valence-electron chi connectivity index (χ2n) is 3.58. The molecule has 72 valence electrons. The molecule has 1 saturated carbocycles. The minimum absolute atomic E-state index is 0.0217. The van der Waals surface area contributed by atoms with Gasteiger partial charge in [0.05, 0.1) is 19.1 Å². The maximum atomic E-state index is 9.01. The van der Waals surface area contributed by atoms with Gasteiger partial charge in [0.25, 0.3) is 0 Å². The Kier molecular flexibility index (Phi) is 2.36. The summed E-state index contributed by atoms with van der Waals surface area (Å²) in [7, 11) is 1.59. The molecule has 14 heavy (non-hydrogen) atoms. The van der Waals surface area contributed by atoms with Gasteiger partial charge in [-0.25, -0.2) is 4.98 Å². The molecule has 3 nitrogen and oxygen atoms in total. The summed E-state index contributed by atoms with van der Waals surface area (Å²) in [4.78, 5) is 4.10. The van der Waals surface area contributed by atoms with Crippen LogP contribution in [0.2, 0.25) is 0 Å². The summed E-state index contributed by atoms with van der Waals surface area (Å²) in [5, 5.41) is 9.01. The van der Waals surface area contributed by atoms with Crippen molar-refractivity contribution in [3.05, 3.63) is 23.9 Å². The van der Waals surface area contributed by atoms with E-state index in [2.05, 4.69) is 11.1 Å². The molecule has 1 aromatic heterocycles. The van der Waals surface area contributed by atoms with Gasteiger partial charge < -0.3 is 4.74 Å². The SMILES string of the molecule is COc1ccc(C(C#N)C2CC2)cn1. The lowest BCUT2D eigenvalue weighted by Gasteiger charge is -2.07. The maximum Gasteiger partial charge on any atom is 0.212 e. The van der Waals surface area contributed by atoms with Crippen LogP contribution in [-0.2, 0) is 0 Å². The summed E-state index contributed by atoms with van der Waals surface area (Å²) in [6.45, 7) is 0. The molecule has 0 spiro atoms. The van der Waals surface area contributed by atoms with Crippen molar-refractivity contribution in [3.63, 3.8) is 0 Å². The zero-order valence-electron chi connectivity index (χ0n) is 8.10. The quantitative estimate of drug-likeness (QED) is 0.729. The van der Waals surface area contributed by atoms with Crippen LogP contribution in [-0.4, -0.2) is 12.1 Å². The number of rotatable bonds is 3. The second-order valence-corrected chi connectivity index (χ2v) is 3.58. The topological polar surface area (TPSA) is 45.9 Å². The van der Waals surface area contributed by atoms with Crippen molar-refractivity contribution in [3.8, 4) is 11.9 Å². The highest BCUT2D eigenvalue weighted by Crippen LogP contribution is 2.42. The highest BCUT2D eigenvalue weighted by molar-refractivity contribution is 5.27. The van der Waals surface area contributed by atoms with Crippen molar-refractivity contribution in [2.24, 2.45) is 5.92 Å². The third-order valence-corrected chi connectivity index (χ3v) is 2.56. The number of nitriles is 1. The van der Waals surface area contributed by atoms with E-state index in [0.29, 0.717) is 11.8 Å². The Morgan fingerprint density at radius 1 is 1.57 bits per heavy atom. The molecular formula is C11H12N2O. The number of methoxy groups -OCH3 is 1. The Hall–Kier alpha value is -1.56. The van der Waals surface area contributed by atoms with Crippen LogP contribution in [0.25, 0.3) is 0 Å². The van der Waals surface area contributed by atoms with Gasteiger partial charge in [-0.1, -0.05) is 6.07 Å². The fourth-order valence-corrected chi connectivity index (χ4v) is 1.58. The van der Waals surface area contributed by atoms with Crippen LogP contribution in [0, 0.1) is 17.2 Å². The van der Waals surface area contributed by atoms with E-state index in [1.807, 2.05) is 12.1 Å². The molecule has 0 N–H and O–H groups in total. The first kappa shape index (κ1) is 9.01. The highest BCUT2D eigenvalue weighted by Gasteiger charge is 2.32. The molecule has 1 atom stereocenters. The van der Waals surface area contributed by atoms with Gasteiger partial charge in [0, 0.05) is 12.3 Å². The van der Waals surface area contributed by atoms with Gasteiger partial charge in [-0.3, -0.25) is 0 Å². The minimum atomic E-state index is 0.0217. The number of pyridine rings is 1. The Balaban J connectivity index is 2.18. The number of ether oxygens (including phenoxy) is 1. The molecule has 2 rings (SSSR count). The Bertz CT molecular complexity index is 349. The average molecular weight is 188 g/mol. The lowest BCUT2D eigenvalue weighted by molar-refractivity contribution is 0.397. The van der Waals surface area contributed by atoms with Crippen LogP contribution in [0.1, 0.15) is 24.3 Å². The van der Waals surface area contributed by atoms with E-state index in [0.717, 1.165) is 5.56 Å². The Labute approximate surface area is 83.3 Å². The fraction of sp³-hybridized carbons (Fsp3) is 0.455. The predicted molar refractivity (Wildman–Crippen MR) is 51.9 cm³/mol. The molecule has 0 bridgehead atoms. The van der Waals surface area contributed by atoms with Gasteiger partial charge >= 0.3 is 0 Å². The van der Waals surface area contributed by atoms with Crippen molar-refractivity contribution in [2.75, 3.05) is 7.11 Å². The Morgan fingerprint density at radius 3 is 2.79 bits per heavy atom. The third-order valence-electron chi connectivity index (χ3n) is 2.56. The summed E-state index contributed by atoms with van der Waals surface area (Å²) < 4.78 is 4.96.